The number of piperidine rings is 1. The molecule has 134 valence electrons. The summed E-state index contributed by atoms with van der Waals surface area (Å²) in [6.07, 6.45) is 6.52. The second-order valence-corrected chi connectivity index (χ2v) is 8.45. The van der Waals surface area contributed by atoms with Gasteiger partial charge in [0.05, 0.1) is 0 Å². The molecule has 2 aliphatic rings. The zero-order valence-corrected chi connectivity index (χ0v) is 15.8. The normalized spacial score (nSPS) is 22.1. The molecule has 0 unspecified atom stereocenters. The Labute approximate surface area is 147 Å². The fourth-order valence-corrected chi connectivity index (χ4v) is 3.83. The van der Waals surface area contributed by atoms with Gasteiger partial charge in [0.25, 0.3) is 0 Å². The Hall–Kier alpha value is -1.20. The summed E-state index contributed by atoms with van der Waals surface area (Å²) >= 11 is 0. The van der Waals surface area contributed by atoms with Crippen LogP contribution in [0, 0.1) is 12.8 Å². The van der Waals surface area contributed by atoms with Crippen molar-refractivity contribution in [1.82, 2.24) is 19.8 Å². The molecule has 0 bridgehead atoms. The minimum Gasteiger partial charge on any atom is -0.338 e. The smallest absolute Gasteiger partial charge is 0.225 e. The lowest BCUT2D eigenvalue weighted by atomic mass is 9.92. The Balaban J connectivity index is 1.42. The van der Waals surface area contributed by atoms with Crippen LogP contribution in [0.5, 0.6) is 0 Å². The monoisotopic (exact) mass is 331 g/mol. The van der Waals surface area contributed by atoms with Gasteiger partial charge in [-0.15, -0.1) is 0 Å². The largest absolute Gasteiger partial charge is 0.338 e. The molecule has 24 heavy (non-hydrogen) atoms. The Kier molecular flexibility index (Phi) is 5.40. The SMILES string of the molecule is Cc1cnc(N2CCN(CC3CCN(C(C)(C)C)CC3)CC2)nc1. The first kappa shape index (κ1) is 17.6. The van der Waals surface area contributed by atoms with Crippen molar-refractivity contribution in [2.45, 2.75) is 46.1 Å². The van der Waals surface area contributed by atoms with Gasteiger partial charge in [-0.25, -0.2) is 9.97 Å². The van der Waals surface area contributed by atoms with Crippen molar-refractivity contribution in [3.63, 3.8) is 0 Å². The maximum atomic E-state index is 4.46. The number of aryl methyl sites for hydroxylation is 1. The molecule has 2 fully saturated rings. The number of nitrogens with zero attached hydrogens (tertiary/aromatic N) is 5. The Morgan fingerprint density at radius 2 is 1.54 bits per heavy atom. The molecular formula is C19H33N5. The number of piperazine rings is 1. The maximum Gasteiger partial charge on any atom is 0.225 e. The van der Waals surface area contributed by atoms with Crippen molar-refractivity contribution in [1.29, 1.82) is 0 Å². The van der Waals surface area contributed by atoms with Gasteiger partial charge in [-0.05, 0) is 65.1 Å². The topological polar surface area (TPSA) is 35.5 Å². The zero-order chi connectivity index (χ0) is 17.2. The molecule has 0 aromatic carbocycles. The van der Waals surface area contributed by atoms with Crippen LogP contribution < -0.4 is 4.90 Å². The van der Waals surface area contributed by atoms with E-state index in [4.69, 9.17) is 0 Å². The molecule has 1 aromatic heterocycles. The molecule has 0 N–H and O–H groups in total. The minimum atomic E-state index is 0.324. The lowest BCUT2D eigenvalue weighted by Crippen LogP contribution is -2.51. The Morgan fingerprint density at radius 1 is 0.958 bits per heavy atom. The van der Waals surface area contributed by atoms with Gasteiger partial charge in [-0.2, -0.15) is 0 Å². The molecule has 3 heterocycles. The summed E-state index contributed by atoms with van der Waals surface area (Å²) in [4.78, 5) is 16.5. The predicted octanol–water partition coefficient (Wildman–Crippen LogP) is 2.42. The van der Waals surface area contributed by atoms with Crippen LogP contribution in [0.15, 0.2) is 12.4 Å². The number of hydrogen-bond donors (Lipinski definition) is 0. The summed E-state index contributed by atoms with van der Waals surface area (Å²) in [6.45, 7) is 17.2. The molecule has 0 amide bonds. The molecule has 0 atom stereocenters. The van der Waals surface area contributed by atoms with Crippen LogP contribution in [0.2, 0.25) is 0 Å². The molecule has 1 aromatic rings. The lowest BCUT2D eigenvalue weighted by Gasteiger charge is -2.43. The molecule has 5 heteroatoms. The summed E-state index contributed by atoms with van der Waals surface area (Å²) in [5.74, 6) is 1.75. The molecule has 0 saturated carbocycles. The quantitative estimate of drug-likeness (QED) is 0.850. The van der Waals surface area contributed by atoms with Crippen molar-refractivity contribution < 1.29 is 0 Å². The average Bonchev–Trinajstić information content (AvgIpc) is 2.56. The summed E-state index contributed by atoms with van der Waals surface area (Å²) < 4.78 is 0. The summed E-state index contributed by atoms with van der Waals surface area (Å²) in [6, 6.07) is 0. The van der Waals surface area contributed by atoms with Crippen molar-refractivity contribution in [3.05, 3.63) is 18.0 Å². The van der Waals surface area contributed by atoms with Crippen LogP contribution in [-0.2, 0) is 0 Å². The average molecular weight is 332 g/mol. The van der Waals surface area contributed by atoms with Gasteiger partial charge in [0.1, 0.15) is 0 Å². The van der Waals surface area contributed by atoms with Gasteiger partial charge < -0.3 is 4.90 Å². The molecular weight excluding hydrogens is 298 g/mol. The molecule has 2 aliphatic heterocycles. The molecule has 0 spiro atoms. The Bertz CT molecular complexity index is 506. The summed E-state index contributed by atoms with van der Waals surface area (Å²) in [7, 11) is 0. The van der Waals surface area contributed by atoms with Crippen LogP contribution in [0.3, 0.4) is 0 Å². The molecule has 2 saturated heterocycles. The third-order valence-electron chi connectivity index (χ3n) is 5.50. The highest BCUT2D eigenvalue weighted by Gasteiger charge is 2.28. The van der Waals surface area contributed by atoms with Crippen LogP contribution >= 0.6 is 0 Å². The molecule has 3 rings (SSSR count). The van der Waals surface area contributed by atoms with E-state index in [1.165, 1.54) is 32.5 Å². The first-order chi connectivity index (χ1) is 11.4. The second kappa shape index (κ2) is 7.36. The zero-order valence-electron chi connectivity index (χ0n) is 15.8. The fourth-order valence-electron chi connectivity index (χ4n) is 3.83. The fraction of sp³-hybridized carbons (Fsp3) is 0.789. The summed E-state index contributed by atoms with van der Waals surface area (Å²) in [5, 5.41) is 0. The van der Waals surface area contributed by atoms with E-state index in [0.29, 0.717) is 5.54 Å². The summed E-state index contributed by atoms with van der Waals surface area (Å²) in [5.41, 5.74) is 1.45. The van der Waals surface area contributed by atoms with E-state index in [9.17, 15) is 0 Å². The highest BCUT2D eigenvalue weighted by molar-refractivity contribution is 5.30. The van der Waals surface area contributed by atoms with Gasteiger partial charge in [-0.3, -0.25) is 9.80 Å². The highest BCUT2D eigenvalue weighted by atomic mass is 15.3. The van der Waals surface area contributed by atoms with Gasteiger partial charge >= 0.3 is 0 Å². The minimum absolute atomic E-state index is 0.324. The van der Waals surface area contributed by atoms with E-state index in [-0.39, 0.29) is 0 Å². The number of aromatic nitrogens is 2. The number of hydrogen-bond acceptors (Lipinski definition) is 5. The van der Waals surface area contributed by atoms with E-state index in [1.54, 1.807) is 0 Å². The molecule has 0 aliphatic carbocycles. The number of anilines is 1. The van der Waals surface area contributed by atoms with E-state index in [1.807, 2.05) is 19.3 Å². The number of rotatable bonds is 3. The first-order valence-electron chi connectivity index (χ1n) is 9.43. The number of likely N-dealkylation sites (tertiary alicyclic amines) is 1. The van der Waals surface area contributed by atoms with E-state index in [2.05, 4.69) is 45.4 Å². The van der Waals surface area contributed by atoms with Crippen LogP contribution in [0.25, 0.3) is 0 Å². The van der Waals surface area contributed by atoms with Crippen molar-refractivity contribution in [3.8, 4) is 0 Å². The maximum absolute atomic E-state index is 4.46. The third-order valence-corrected chi connectivity index (χ3v) is 5.50. The first-order valence-corrected chi connectivity index (χ1v) is 9.43. The van der Waals surface area contributed by atoms with Crippen LogP contribution in [0.4, 0.5) is 5.95 Å². The van der Waals surface area contributed by atoms with E-state index >= 15 is 0 Å². The molecule has 0 radical (unpaired) electrons. The predicted molar refractivity (Wildman–Crippen MR) is 99.5 cm³/mol. The van der Waals surface area contributed by atoms with Gasteiger partial charge in [0.2, 0.25) is 5.95 Å². The van der Waals surface area contributed by atoms with Gasteiger partial charge in [0, 0.05) is 50.7 Å². The van der Waals surface area contributed by atoms with Crippen LogP contribution in [-0.4, -0.2) is 71.1 Å². The van der Waals surface area contributed by atoms with E-state index < -0.39 is 0 Å². The van der Waals surface area contributed by atoms with Crippen molar-refractivity contribution in [2.24, 2.45) is 5.92 Å². The standard InChI is InChI=1S/C19H33N5/c1-16-13-20-18(21-14-16)23-11-9-22(10-12-23)15-17-5-7-24(8-6-17)19(2,3)4/h13-14,17H,5-12,15H2,1-4H3. The third kappa shape index (κ3) is 4.45. The van der Waals surface area contributed by atoms with Gasteiger partial charge in [0.15, 0.2) is 0 Å². The van der Waals surface area contributed by atoms with Crippen LogP contribution in [0.1, 0.15) is 39.2 Å². The second-order valence-electron chi connectivity index (χ2n) is 8.45. The highest BCUT2D eigenvalue weighted by Crippen LogP contribution is 2.24. The van der Waals surface area contributed by atoms with Crippen molar-refractivity contribution >= 4 is 5.95 Å². The van der Waals surface area contributed by atoms with E-state index in [0.717, 1.165) is 43.6 Å². The lowest BCUT2D eigenvalue weighted by molar-refractivity contribution is 0.0734. The van der Waals surface area contributed by atoms with Gasteiger partial charge in [-0.1, -0.05) is 0 Å². The Morgan fingerprint density at radius 3 is 2.08 bits per heavy atom. The van der Waals surface area contributed by atoms with Crippen molar-refractivity contribution in [2.75, 3.05) is 50.7 Å². The molecule has 5 nitrogen and oxygen atoms in total.